The number of hydrogen-bond donors (Lipinski definition) is 0. The first-order valence-corrected chi connectivity index (χ1v) is 8.59. The zero-order valence-corrected chi connectivity index (χ0v) is 13.9. The van der Waals surface area contributed by atoms with Crippen LogP contribution in [0.3, 0.4) is 0 Å². The molecule has 0 bridgehead atoms. The van der Waals surface area contributed by atoms with E-state index in [0.717, 1.165) is 16.0 Å². The molecular weight excluding hydrogens is 344 g/mol. The summed E-state index contributed by atoms with van der Waals surface area (Å²) in [6, 6.07) is 23.0. The van der Waals surface area contributed by atoms with Crippen LogP contribution in [0.2, 0.25) is 0 Å². The monoisotopic (exact) mass is 358 g/mol. The molecule has 106 valence electrons. The Morgan fingerprint density at radius 2 is 1.62 bits per heavy atom. The summed E-state index contributed by atoms with van der Waals surface area (Å²) in [6.07, 6.45) is 0. The molecule has 0 heterocycles. The van der Waals surface area contributed by atoms with E-state index < -0.39 is 0 Å². The first-order valence-electron chi connectivity index (χ1n) is 6.81. The van der Waals surface area contributed by atoms with Crippen LogP contribution in [-0.4, -0.2) is 12.4 Å². The fourth-order valence-corrected chi connectivity index (χ4v) is 3.15. The lowest BCUT2D eigenvalue weighted by molar-refractivity contribution is 0.344. The summed E-state index contributed by atoms with van der Waals surface area (Å²) in [4.78, 5) is 1.29. The summed E-state index contributed by atoms with van der Waals surface area (Å²) in [6.45, 7) is 0.707. The molecule has 3 rings (SSSR count). The molecule has 0 aliphatic rings. The van der Waals surface area contributed by atoms with Crippen molar-refractivity contribution >= 4 is 38.5 Å². The van der Waals surface area contributed by atoms with Crippen molar-refractivity contribution in [3.05, 3.63) is 71.2 Å². The van der Waals surface area contributed by atoms with Crippen molar-refractivity contribution in [3.8, 4) is 5.75 Å². The second-order valence-corrected chi connectivity index (χ2v) is 6.74. The minimum absolute atomic E-state index is 0.707. The van der Waals surface area contributed by atoms with Crippen molar-refractivity contribution in [2.45, 2.75) is 4.90 Å². The van der Waals surface area contributed by atoms with Gasteiger partial charge in [-0.15, -0.1) is 11.8 Å². The second kappa shape index (κ2) is 7.01. The van der Waals surface area contributed by atoms with Gasteiger partial charge in [-0.3, -0.25) is 0 Å². The van der Waals surface area contributed by atoms with Crippen LogP contribution in [0.5, 0.6) is 5.75 Å². The van der Waals surface area contributed by atoms with E-state index >= 15 is 0 Å². The third kappa shape index (κ3) is 4.02. The molecule has 3 aromatic rings. The fourth-order valence-electron chi connectivity index (χ4n) is 2.11. The van der Waals surface area contributed by atoms with Gasteiger partial charge in [0, 0.05) is 15.1 Å². The van der Waals surface area contributed by atoms with Crippen LogP contribution in [0, 0.1) is 0 Å². The minimum atomic E-state index is 0.707. The summed E-state index contributed by atoms with van der Waals surface area (Å²) < 4.78 is 6.80. The molecule has 0 amide bonds. The van der Waals surface area contributed by atoms with E-state index in [1.165, 1.54) is 15.7 Å². The van der Waals surface area contributed by atoms with Crippen LogP contribution in [0.15, 0.2) is 76.1 Å². The Bertz CT molecular complexity index is 725. The summed E-state index contributed by atoms with van der Waals surface area (Å²) in [5.74, 6) is 1.85. The molecule has 0 unspecified atom stereocenters. The number of halogens is 1. The summed E-state index contributed by atoms with van der Waals surface area (Å²) in [7, 11) is 0. The van der Waals surface area contributed by atoms with Crippen LogP contribution in [-0.2, 0) is 0 Å². The first-order chi connectivity index (χ1) is 10.3. The molecule has 0 aliphatic carbocycles. The van der Waals surface area contributed by atoms with Crippen molar-refractivity contribution in [1.29, 1.82) is 0 Å². The molecule has 0 fully saturated rings. The molecule has 0 aromatic heterocycles. The van der Waals surface area contributed by atoms with Gasteiger partial charge in [0.05, 0.1) is 6.61 Å². The molecule has 0 saturated carbocycles. The maximum atomic E-state index is 5.73. The topological polar surface area (TPSA) is 9.23 Å². The molecule has 1 nitrogen and oxygen atoms in total. The standard InChI is InChI=1S/C18H15BrOS/c19-16-6-8-17(9-7-16)20-11-12-21-18-10-5-14-3-1-2-4-15(14)13-18/h1-10,13H,11-12H2. The second-order valence-electron chi connectivity index (χ2n) is 4.66. The fraction of sp³-hybridized carbons (Fsp3) is 0.111. The lowest BCUT2D eigenvalue weighted by Gasteiger charge is -2.07. The number of hydrogen-bond acceptors (Lipinski definition) is 2. The molecular formula is C18H15BrOS. The quantitative estimate of drug-likeness (QED) is 0.422. The Balaban J connectivity index is 1.53. The smallest absolute Gasteiger partial charge is 0.119 e. The highest BCUT2D eigenvalue weighted by atomic mass is 79.9. The average Bonchev–Trinajstić information content (AvgIpc) is 2.53. The van der Waals surface area contributed by atoms with Gasteiger partial charge < -0.3 is 4.74 Å². The maximum absolute atomic E-state index is 5.73. The summed E-state index contributed by atoms with van der Waals surface area (Å²) in [5, 5.41) is 2.57. The lowest BCUT2D eigenvalue weighted by Crippen LogP contribution is -1.99. The van der Waals surface area contributed by atoms with Gasteiger partial charge >= 0.3 is 0 Å². The van der Waals surface area contributed by atoms with E-state index in [9.17, 15) is 0 Å². The molecule has 0 saturated heterocycles. The summed E-state index contributed by atoms with van der Waals surface area (Å²) >= 11 is 5.24. The van der Waals surface area contributed by atoms with Crippen molar-refractivity contribution in [2.24, 2.45) is 0 Å². The summed E-state index contributed by atoms with van der Waals surface area (Å²) in [5.41, 5.74) is 0. The van der Waals surface area contributed by atoms with Crippen LogP contribution in [0.4, 0.5) is 0 Å². The molecule has 0 radical (unpaired) electrons. The largest absolute Gasteiger partial charge is 0.493 e. The lowest BCUT2D eigenvalue weighted by atomic mass is 10.1. The number of thioether (sulfide) groups is 1. The Morgan fingerprint density at radius 1 is 0.857 bits per heavy atom. The third-order valence-electron chi connectivity index (χ3n) is 3.16. The highest BCUT2D eigenvalue weighted by Crippen LogP contribution is 2.24. The molecule has 3 heteroatoms. The third-order valence-corrected chi connectivity index (χ3v) is 4.64. The molecule has 0 aliphatic heterocycles. The highest BCUT2D eigenvalue weighted by molar-refractivity contribution is 9.10. The zero-order chi connectivity index (χ0) is 14.5. The van der Waals surface area contributed by atoms with Crippen molar-refractivity contribution < 1.29 is 4.74 Å². The molecule has 3 aromatic carbocycles. The first kappa shape index (κ1) is 14.5. The van der Waals surface area contributed by atoms with Gasteiger partial charge in [-0.25, -0.2) is 0 Å². The predicted octanol–water partition coefficient (Wildman–Crippen LogP) is 5.77. The van der Waals surface area contributed by atoms with Crippen molar-refractivity contribution in [2.75, 3.05) is 12.4 Å². The average molecular weight is 359 g/mol. The normalized spacial score (nSPS) is 10.7. The molecule has 0 atom stereocenters. The van der Waals surface area contributed by atoms with Gasteiger partial charge in [0.15, 0.2) is 0 Å². The minimum Gasteiger partial charge on any atom is -0.493 e. The van der Waals surface area contributed by atoms with Gasteiger partial charge in [0.2, 0.25) is 0 Å². The predicted molar refractivity (Wildman–Crippen MR) is 94.3 cm³/mol. The van der Waals surface area contributed by atoms with Gasteiger partial charge in [-0.1, -0.05) is 46.3 Å². The number of fused-ring (bicyclic) bond motifs is 1. The van der Waals surface area contributed by atoms with E-state index in [-0.39, 0.29) is 0 Å². The van der Waals surface area contributed by atoms with Crippen molar-refractivity contribution in [3.63, 3.8) is 0 Å². The van der Waals surface area contributed by atoms with E-state index in [2.05, 4.69) is 58.4 Å². The zero-order valence-electron chi connectivity index (χ0n) is 11.5. The number of rotatable bonds is 5. The SMILES string of the molecule is Brc1ccc(OCCSc2ccc3ccccc3c2)cc1. The van der Waals surface area contributed by atoms with E-state index in [0.29, 0.717) is 6.61 Å². The highest BCUT2D eigenvalue weighted by Gasteiger charge is 1.98. The van der Waals surface area contributed by atoms with Crippen molar-refractivity contribution in [1.82, 2.24) is 0 Å². The molecule has 21 heavy (non-hydrogen) atoms. The number of benzene rings is 3. The Morgan fingerprint density at radius 3 is 2.43 bits per heavy atom. The van der Waals surface area contributed by atoms with E-state index in [4.69, 9.17) is 4.74 Å². The van der Waals surface area contributed by atoms with Crippen LogP contribution < -0.4 is 4.74 Å². The van der Waals surface area contributed by atoms with Crippen LogP contribution in [0.25, 0.3) is 10.8 Å². The van der Waals surface area contributed by atoms with Gasteiger partial charge in [0.1, 0.15) is 5.75 Å². The van der Waals surface area contributed by atoms with Gasteiger partial charge in [-0.05, 0) is 47.2 Å². The molecule has 0 N–H and O–H groups in total. The Kier molecular flexibility index (Phi) is 4.84. The van der Waals surface area contributed by atoms with Gasteiger partial charge in [-0.2, -0.15) is 0 Å². The van der Waals surface area contributed by atoms with E-state index in [1.807, 2.05) is 36.0 Å². The van der Waals surface area contributed by atoms with Gasteiger partial charge in [0.25, 0.3) is 0 Å². The van der Waals surface area contributed by atoms with Crippen LogP contribution in [0.1, 0.15) is 0 Å². The Labute approximate surface area is 137 Å². The number of ether oxygens (including phenoxy) is 1. The maximum Gasteiger partial charge on any atom is 0.119 e. The molecule has 0 spiro atoms. The Hall–Kier alpha value is -1.45. The van der Waals surface area contributed by atoms with E-state index in [1.54, 1.807) is 0 Å². The van der Waals surface area contributed by atoms with Crippen LogP contribution >= 0.6 is 27.7 Å².